The summed E-state index contributed by atoms with van der Waals surface area (Å²) in [7, 11) is 1.24. The molecule has 1 saturated carbocycles. The number of hydrogen-bond donors (Lipinski definition) is 2. The SMILES string of the molecule is COC(=O)CNC(=O)C(c1ccc(C)cc1)N(C(=O)C(C)NC(=O)OC(C)(C)C)C1CCC1. The van der Waals surface area contributed by atoms with Crippen LogP contribution in [0.15, 0.2) is 24.3 Å². The van der Waals surface area contributed by atoms with E-state index in [0.717, 1.165) is 24.8 Å². The number of alkyl carbamates (subject to hydrolysis) is 1. The highest BCUT2D eigenvalue weighted by Crippen LogP contribution is 2.33. The van der Waals surface area contributed by atoms with Crippen LogP contribution in [0.2, 0.25) is 0 Å². The van der Waals surface area contributed by atoms with Crippen LogP contribution in [0.5, 0.6) is 0 Å². The summed E-state index contributed by atoms with van der Waals surface area (Å²) in [4.78, 5) is 52.1. The molecule has 1 fully saturated rings. The van der Waals surface area contributed by atoms with E-state index in [2.05, 4.69) is 15.4 Å². The molecule has 2 N–H and O–H groups in total. The number of benzene rings is 1. The zero-order chi connectivity index (χ0) is 24.8. The fraction of sp³-hybridized carbons (Fsp3) is 0.583. The average molecular weight is 462 g/mol. The normalized spacial score (nSPS) is 15.5. The molecule has 0 heterocycles. The monoisotopic (exact) mass is 461 g/mol. The molecular weight excluding hydrogens is 426 g/mol. The molecule has 0 bridgehead atoms. The second-order valence-electron chi connectivity index (χ2n) is 9.31. The lowest BCUT2D eigenvalue weighted by Crippen LogP contribution is -2.57. The largest absolute Gasteiger partial charge is 0.468 e. The Morgan fingerprint density at radius 3 is 2.21 bits per heavy atom. The number of ether oxygens (including phenoxy) is 2. The first-order chi connectivity index (χ1) is 15.4. The predicted molar refractivity (Wildman–Crippen MR) is 122 cm³/mol. The molecule has 0 radical (unpaired) electrons. The molecule has 1 aromatic carbocycles. The average Bonchev–Trinajstić information content (AvgIpc) is 2.69. The van der Waals surface area contributed by atoms with E-state index in [4.69, 9.17) is 4.74 Å². The van der Waals surface area contributed by atoms with E-state index in [1.165, 1.54) is 12.0 Å². The van der Waals surface area contributed by atoms with Crippen LogP contribution in [0.25, 0.3) is 0 Å². The molecule has 1 aliphatic carbocycles. The molecule has 0 spiro atoms. The van der Waals surface area contributed by atoms with Crippen LogP contribution >= 0.6 is 0 Å². The zero-order valence-corrected chi connectivity index (χ0v) is 20.3. The standard InChI is InChI=1S/C24H35N3O6/c1-15-10-12-17(13-11-15)20(21(29)25-14-19(28)32-6)27(18-8-7-9-18)22(30)16(2)26-23(31)33-24(3,4)5/h10-13,16,18,20H,7-9,14H2,1-6H3,(H,25,29)(H,26,31). The van der Waals surface area contributed by atoms with Crippen molar-refractivity contribution >= 4 is 23.9 Å². The lowest BCUT2D eigenvalue weighted by Gasteiger charge is -2.43. The number of carbonyl (C=O) groups is 4. The van der Waals surface area contributed by atoms with Gasteiger partial charge in [-0.2, -0.15) is 0 Å². The number of amides is 3. The van der Waals surface area contributed by atoms with E-state index >= 15 is 0 Å². The van der Waals surface area contributed by atoms with Crippen LogP contribution in [0.3, 0.4) is 0 Å². The molecule has 1 aliphatic rings. The Kier molecular flexibility index (Phi) is 8.84. The van der Waals surface area contributed by atoms with Gasteiger partial charge < -0.3 is 25.0 Å². The second kappa shape index (κ2) is 11.2. The first-order valence-electron chi connectivity index (χ1n) is 11.2. The molecule has 0 saturated heterocycles. The van der Waals surface area contributed by atoms with Crippen LogP contribution in [0, 0.1) is 6.92 Å². The van der Waals surface area contributed by atoms with Crippen molar-refractivity contribution in [1.29, 1.82) is 0 Å². The highest BCUT2D eigenvalue weighted by Gasteiger charge is 2.41. The third-order valence-corrected chi connectivity index (χ3v) is 5.38. The lowest BCUT2D eigenvalue weighted by molar-refractivity contribution is -0.148. The molecule has 33 heavy (non-hydrogen) atoms. The van der Waals surface area contributed by atoms with E-state index in [9.17, 15) is 19.2 Å². The summed E-state index contributed by atoms with van der Waals surface area (Å²) >= 11 is 0. The van der Waals surface area contributed by atoms with Crippen molar-refractivity contribution in [3.05, 3.63) is 35.4 Å². The van der Waals surface area contributed by atoms with E-state index in [1.807, 2.05) is 19.1 Å². The first kappa shape index (κ1) is 26.2. The topological polar surface area (TPSA) is 114 Å². The molecule has 1 aromatic rings. The van der Waals surface area contributed by atoms with Crippen LogP contribution in [0.1, 0.15) is 64.1 Å². The number of esters is 1. The van der Waals surface area contributed by atoms with Gasteiger partial charge in [-0.15, -0.1) is 0 Å². The quantitative estimate of drug-likeness (QED) is 0.575. The fourth-order valence-electron chi connectivity index (χ4n) is 3.47. The molecule has 2 unspecified atom stereocenters. The zero-order valence-electron chi connectivity index (χ0n) is 20.3. The number of carbonyl (C=O) groups excluding carboxylic acids is 4. The van der Waals surface area contributed by atoms with Gasteiger partial charge in [0.15, 0.2) is 0 Å². The van der Waals surface area contributed by atoms with Crippen LogP contribution in [0.4, 0.5) is 4.79 Å². The van der Waals surface area contributed by atoms with E-state index < -0.39 is 41.6 Å². The first-order valence-corrected chi connectivity index (χ1v) is 11.2. The Morgan fingerprint density at radius 2 is 1.73 bits per heavy atom. The third kappa shape index (κ3) is 7.47. The summed E-state index contributed by atoms with van der Waals surface area (Å²) in [6.45, 7) is 8.39. The van der Waals surface area contributed by atoms with E-state index in [-0.39, 0.29) is 12.6 Å². The maximum Gasteiger partial charge on any atom is 0.408 e. The van der Waals surface area contributed by atoms with Gasteiger partial charge in [0.2, 0.25) is 11.8 Å². The molecule has 9 nitrogen and oxygen atoms in total. The number of aryl methyl sites for hydroxylation is 1. The molecule has 3 amide bonds. The summed E-state index contributed by atoms with van der Waals surface area (Å²) in [6, 6.07) is 5.28. The van der Waals surface area contributed by atoms with Crippen LogP contribution in [-0.2, 0) is 23.9 Å². The van der Waals surface area contributed by atoms with Crippen molar-refractivity contribution in [2.45, 2.75) is 77.6 Å². The minimum atomic E-state index is -0.962. The van der Waals surface area contributed by atoms with Crippen molar-refractivity contribution in [3.8, 4) is 0 Å². The van der Waals surface area contributed by atoms with Gasteiger partial charge in [0.1, 0.15) is 24.2 Å². The van der Waals surface area contributed by atoms with Crippen LogP contribution in [-0.4, -0.2) is 60.1 Å². The third-order valence-electron chi connectivity index (χ3n) is 5.38. The van der Waals surface area contributed by atoms with Crippen molar-refractivity contribution in [2.24, 2.45) is 0 Å². The predicted octanol–water partition coefficient (Wildman–Crippen LogP) is 2.62. The highest BCUT2D eigenvalue weighted by molar-refractivity contribution is 5.93. The lowest BCUT2D eigenvalue weighted by atomic mass is 9.88. The number of nitrogens with one attached hydrogen (secondary N) is 2. The molecule has 182 valence electrons. The number of hydrogen-bond acceptors (Lipinski definition) is 6. The summed E-state index contributed by atoms with van der Waals surface area (Å²) in [5, 5.41) is 5.15. The number of methoxy groups -OCH3 is 1. The molecular formula is C24H35N3O6. The van der Waals surface area contributed by atoms with Gasteiger partial charge >= 0.3 is 12.1 Å². The smallest absolute Gasteiger partial charge is 0.408 e. The highest BCUT2D eigenvalue weighted by atomic mass is 16.6. The maximum atomic E-state index is 13.5. The number of nitrogens with zero attached hydrogens (tertiary/aromatic N) is 1. The summed E-state index contributed by atoms with van der Waals surface area (Å²) in [5.41, 5.74) is 0.917. The van der Waals surface area contributed by atoms with Gasteiger partial charge in [0.05, 0.1) is 7.11 Å². The van der Waals surface area contributed by atoms with Gasteiger partial charge in [-0.1, -0.05) is 29.8 Å². The van der Waals surface area contributed by atoms with Gasteiger partial charge in [-0.05, 0) is 59.4 Å². The van der Waals surface area contributed by atoms with Gasteiger partial charge in [-0.3, -0.25) is 14.4 Å². The summed E-state index contributed by atoms with van der Waals surface area (Å²) < 4.78 is 9.89. The van der Waals surface area contributed by atoms with Crippen molar-refractivity contribution in [1.82, 2.24) is 15.5 Å². The van der Waals surface area contributed by atoms with Crippen molar-refractivity contribution in [3.63, 3.8) is 0 Å². The van der Waals surface area contributed by atoms with Gasteiger partial charge in [0, 0.05) is 6.04 Å². The minimum Gasteiger partial charge on any atom is -0.468 e. The Balaban J connectivity index is 2.33. The van der Waals surface area contributed by atoms with Crippen molar-refractivity contribution in [2.75, 3.05) is 13.7 Å². The van der Waals surface area contributed by atoms with E-state index in [0.29, 0.717) is 5.56 Å². The summed E-state index contributed by atoms with van der Waals surface area (Å²) in [6.07, 6.45) is 1.72. The van der Waals surface area contributed by atoms with E-state index in [1.54, 1.807) is 39.8 Å². The Labute approximate surface area is 195 Å². The van der Waals surface area contributed by atoms with Crippen molar-refractivity contribution < 1.29 is 28.7 Å². The fourth-order valence-corrected chi connectivity index (χ4v) is 3.47. The minimum absolute atomic E-state index is 0.157. The molecule has 9 heteroatoms. The van der Waals surface area contributed by atoms with Gasteiger partial charge in [0.25, 0.3) is 0 Å². The maximum absolute atomic E-state index is 13.5. The Hall–Kier alpha value is -3.10. The summed E-state index contributed by atoms with van der Waals surface area (Å²) in [5.74, 6) is -1.48. The molecule has 0 aromatic heterocycles. The van der Waals surface area contributed by atoms with Gasteiger partial charge in [-0.25, -0.2) is 4.79 Å². The second-order valence-corrected chi connectivity index (χ2v) is 9.31. The molecule has 2 atom stereocenters. The number of rotatable bonds is 8. The molecule has 0 aliphatic heterocycles. The van der Waals surface area contributed by atoms with Crippen LogP contribution < -0.4 is 10.6 Å². The Morgan fingerprint density at radius 1 is 1.12 bits per heavy atom. The molecule has 2 rings (SSSR count). The Bertz CT molecular complexity index is 858.